The standard InChI is InChI=1S/C14H19NO2/c1-10-3-5-11(6-4-10)14-12(9-13(16)17)7-8-15(14)2/h3-6,12,14H,7-9H2,1-2H3,(H,16,17)/t12-,14-/m1/s1. The molecule has 0 aliphatic carbocycles. The quantitative estimate of drug-likeness (QED) is 0.871. The van der Waals surface area contributed by atoms with Gasteiger partial charge in [0.05, 0.1) is 6.42 Å². The lowest BCUT2D eigenvalue weighted by molar-refractivity contribution is -0.138. The Hall–Kier alpha value is -1.35. The molecule has 1 aromatic carbocycles. The van der Waals surface area contributed by atoms with Gasteiger partial charge in [-0.05, 0) is 38.4 Å². The predicted octanol–water partition coefficient (Wildman–Crippen LogP) is 2.46. The zero-order valence-electron chi connectivity index (χ0n) is 10.4. The van der Waals surface area contributed by atoms with E-state index >= 15 is 0 Å². The number of carbonyl (C=O) groups is 1. The highest BCUT2D eigenvalue weighted by molar-refractivity contribution is 5.67. The molecule has 0 bridgehead atoms. The lowest BCUT2D eigenvalue weighted by atomic mass is 9.91. The van der Waals surface area contributed by atoms with E-state index in [1.165, 1.54) is 11.1 Å². The minimum atomic E-state index is -0.692. The van der Waals surface area contributed by atoms with Crippen LogP contribution in [0.4, 0.5) is 0 Å². The summed E-state index contributed by atoms with van der Waals surface area (Å²) >= 11 is 0. The molecule has 0 radical (unpaired) electrons. The zero-order valence-corrected chi connectivity index (χ0v) is 10.4. The monoisotopic (exact) mass is 233 g/mol. The number of rotatable bonds is 3. The van der Waals surface area contributed by atoms with Crippen LogP contribution >= 0.6 is 0 Å². The smallest absolute Gasteiger partial charge is 0.303 e. The van der Waals surface area contributed by atoms with Crippen LogP contribution in [0, 0.1) is 12.8 Å². The van der Waals surface area contributed by atoms with Crippen LogP contribution in [0.2, 0.25) is 0 Å². The molecular formula is C14H19NO2. The second kappa shape index (κ2) is 4.88. The average Bonchev–Trinajstić information content (AvgIpc) is 2.61. The van der Waals surface area contributed by atoms with Gasteiger partial charge in [0, 0.05) is 6.04 Å². The van der Waals surface area contributed by atoms with Crippen molar-refractivity contribution in [2.24, 2.45) is 5.92 Å². The summed E-state index contributed by atoms with van der Waals surface area (Å²) in [6.45, 7) is 3.05. The van der Waals surface area contributed by atoms with E-state index in [-0.39, 0.29) is 18.4 Å². The van der Waals surface area contributed by atoms with Crippen molar-refractivity contribution in [2.75, 3.05) is 13.6 Å². The van der Waals surface area contributed by atoms with E-state index in [1.807, 2.05) is 0 Å². The molecule has 1 aliphatic rings. The van der Waals surface area contributed by atoms with Crippen LogP contribution in [0.15, 0.2) is 24.3 Å². The number of hydrogen-bond acceptors (Lipinski definition) is 2. The number of aryl methyl sites for hydroxylation is 1. The van der Waals surface area contributed by atoms with Gasteiger partial charge in [-0.25, -0.2) is 0 Å². The first kappa shape index (κ1) is 12.1. The first-order valence-electron chi connectivity index (χ1n) is 6.06. The Morgan fingerprint density at radius 1 is 1.41 bits per heavy atom. The fourth-order valence-electron chi connectivity index (χ4n) is 2.75. The molecule has 1 aliphatic heterocycles. The Labute approximate surface area is 102 Å². The highest BCUT2D eigenvalue weighted by atomic mass is 16.4. The highest BCUT2D eigenvalue weighted by Crippen LogP contribution is 2.37. The third kappa shape index (κ3) is 2.67. The van der Waals surface area contributed by atoms with E-state index in [0.29, 0.717) is 0 Å². The summed E-state index contributed by atoms with van der Waals surface area (Å²) < 4.78 is 0. The molecule has 0 amide bonds. The van der Waals surface area contributed by atoms with Crippen LogP contribution in [0.25, 0.3) is 0 Å². The molecular weight excluding hydrogens is 214 g/mol. The number of benzene rings is 1. The molecule has 0 spiro atoms. The van der Waals surface area contributed by atoms with Crippen molar-refractivity contribution >= 4 is 5.97 Å². The Morgan fingerprint density at radius 2 is 2.06 bits per heavy atom. The molecule has 3 nitrogen and oxygen atoms in total. The first-order chi connectivity index (χ1) is 8.08. The Balaban J connectivity index is 2.21. The van der Waals surface area contributed by atoms with Crippen LogP contribution in [0.3, 0.4) is 0 Å². The fraction of sp³-hybridized carbons (Fsp3) is 0.500. The molecule has 92 valence electrons. The van der Waals surface area contributed by atoms with Gasteiger partial charge in [0.25, 0.3) is 0 Å². The number of carboxylic acid groups (broad SMARTS) is 1. The number of aliphatic carboxylic acids is 1. The van der Waals surface area contributed by atoms with Gasteiger partial charge < -0.3 is 5.11 Å². The number of likely N-dealkylation sites (tertiary alicyclic amines) is 1. The van der Waals surface area contributed by atoms with Crippen LogP contribution in [0.5, 0.6) is 0 Å². The second-order valence-corrected chi connectivity index (χ2v) is 4.98. The summed E-state index contributed by atoms with van der Waals surface area (Å²) in [5.74, 6) is -0.456. The Bertz CT molecular complexity index is 399. The molecule has 0 saturated carbocycles. The number of hydrogen-bond donors (Lipinski definition) is 1. The van der Waals surface area contributed by atoms with E-state index in [9.17, 15) is 4.79 Å². The fourth-order valence-corrected chi connectivity index (χ4v) is 2.75. The zero-order chi connectivity index (χ0) is 12.4. The molecule has 3 heteroatoms. The number of carboxylic acids is 1. The minimum Gasteiger partial charge on any atom is -0.481 e. The van der Waals surface area contributed by atoms with Crippen molar-refractivity contribution < 1.29 is 9.90 Å². The first-order valence-corrected chi connectivity index (χ1v) is 6.06. The van der Waals surface area contributed by atoms with Crippen LogP contribution in [-0.4, -0.2) is 29.6 Å². The highest BCUT2D eigenvalue weighted by Gasteiger charge is 2.34. The third-order valence-corrected chi connectivity index (χ3v) is 3.63. The van der Waals surface area contributed by atoms with Crippen LogP contribution < -0.4 is 0 Å². The van der Waals surface area contributed by atoms with Gasteiger partial charge in [-0.15, -0.1) is 0 Å². The number of nitrogens with zero attached hydrogens (tertiary/aromatic N) is 1. The molecule has 1 fully saturated rings. The van der Waals surface area contributed by atoms with Gasteiger partial charge in [-0.1, -0.05) is 29.8 Å². The minimum absolute atomic E-state index is 0.236. The van der Waals surface area contributed by atoms with Crippen molar-refractivity contribution in [2.45, 2.75) is 25.8 Å². The predicted molar refractivity (Wildman–Crippen MR) is 66.9 cm³/mol. The van der Waals surface area contributed by atoms with Gasteiger partial charge in [-0.2, -0.15) is 0 Å². The topological polar surface area (TPSA) is 40.5 Å². The third-order valence-electron chi connectivity index (χ3n) is 3.63. The molecule has 1 N–H and O–H groups in total. The normalized spacial score (nSPS) is 25.1. The van der Waals surface area contributed by atoms with Crippen molar-refractivity contribution in [1.82, 2.24) is 4.90 Å². The van der Waals surface area contributed by atoms with Gasteiger partial charge in [0.1, 0.15) is 0 Å². The summed E-state index contributed by atoms with van der Waals surface area (Å²) in [4.78, 5) is 13.1. The van der Waals surface area contributed by atoms with Crippen molar-refractivity contribution in [1.29, 1.82) is 0 Å². The lowest BCUT2D eigenvalue weighted by Crippen LogP contribution is -2.22. The van der Waals surface area contributed by atoms with Gasteiger partial charge >= 0.3 is 5.97 Å². The van der Waals surface area contributed by atoms with Crippen LogP contribution in [0.1, 0.15) is 30.0 Å². The van der Waals surface area contributed by atoms with Crippen molar-refractivity contribution in [3.05, 3.63) is 35.4 Å². The van der Waals surface area contributed by atoms with Crippen molar-refractivity contribution in [3.8, 4) is 0 Å². The molecule has 0 unspecified atom stereocenters. The molecule has 1 aromatic rings. The summed E-state index contributed by atoms with van der Waals surface area (Å²) in [6, 6.07) is 8.69. The summed E-state index contributed by atoms with van der Waals surface area (Å²) in [7, 11) is 2.08. The van der Waals surface area contributed by atoms with E-state index < -0.39 is 5.97 Å². The van der Waals surface area contributed by atoms with Crippen LogP contribution in [-0.2, 0) is 4.79 Å². The largest absolute Gasteiger partial charge is 0.481 e. The lowest BCUT2D eigenvalue weighted by Gasteiger charge is -2.24. The molecule has 0 aromatic heterocycles. The van der Waals surface area contributed by atoms with Gasteiger partial charge in [0.15, 0.2) is 0 Å². The van der Waals surface area contributed by atoms with Crippen molar-refractivity contribution in [3.63, 3.8) is 0 Å². The molecule has 17 heavy (non-hydrogen) atoms. The van der Waals surface area contributed by atoms with E-state index in [0.717, 1.165) is 13.0 Å². The Kier molecular flexibility index (Phi) is 3.48. The van der Waals surface area contributed by atoms with E-state index in [2.05, 4.69) is 43.1 Å². The molecule has 2 atom stereocenters. The summed E-state index contributed by atoms with van der Waals surface area (Å²) in [6.07, 6.45) is 1.24. The average molecular weight is 233 g/mol. The maximum Gasteiger partial charge on any atom is 0.303 e. The Morgan fingerprint density at radius 3 is 2.65 bits per heavy atom. The SMILES string of the molecule is Cc1ccc([C@@H]2[C@@H](CC(=O)O)CCN2C)cc1. The van der Waals surface area contributed by atoms with Gasteiger partial charge in [0.2, 0.25) is 0 Å². The summed E-state index contributed by atoms with van der Waals surface area (Å²) in [5.41, 5.74) is 2.48. The maximum absolute atomic E-state index is 10.9. The summed E-state index contributed by atoms with van der Waals surface area (Å²) in [5, 5.41) is 8.95. The van der Waals surface area contributed by atoms with E-state index in [4.69, 9.17) is 5.11 Å². The molecule has 2 rings (SSSR count). The van der Waals surface area contributed by atoms with E-state index in [1.54, 1.807) is 0 Å². The van der Waals surface area contributed by atoms with Gasteiger partial charge in [-0.3, -0.25) is 9.69 Å². The molecule has 1 saturated heterocycles. The molecule has 1 heterocycles. The maximum atomic E-state index is 10.9. The second-order valence-electron chi connectivity index (χ2n) is 4.98.